The van der Waals surface area contributed by atoms with Gasteiger partial charge in [-0.15, -0.1) is 0 Å². The summed E-state index contributed by atoms with van der Waals surface area (Å²) < 4.78 is 0. The fourth-order valence-electron chi connectivity index (χ4n) is 1.33. The molecule has 0 aliphatic carbocycles. The van der Waals surface area contributed by atoms with Gasteiger partial charge in [0, 0.05) is 10.9 Å². The molecule has 0 aliphatic rings. The first kappa shape index (κ1) is 13.6. The number of halogens is 2. The molecule has 3 nitrogen and oxygen atoms in total. The molecule has 88 valence electrons. The van der Waals surface area contributed by atoms with Crippen molar-refractivity contribution < 1.29 is 15.0 Å². The van der Waals surface area contributed by atoms with Gasteiger partial charge in [-0.05, 0) is 24.1 Å². The van der Waals surface area contributed by atoms with Crippen molar-refractivity contribution in [2.45, 2.75) is 18.6 Å². The molecule has 0 fully saturated rings. The minimum absolute atomic E-state index is 0.309. The van der Waals surface area contributed by atoms with Crippen LogP contribution in [0.5, 0.6) is 0 Å². The standard InChI is InChI=1S/C11H12BrClO3/c12-4-3-10(15)11(16)7-1-2-9(13)8(5-7)6-14/h1-2,5-6,10-11,15-16H,3-4H2. The van der Waals surface area contributed by atoms with Gasteiger partial charge in [0.05, 0.1) is 11.1 Å². The third kappa shape index (κ3) is 3.28. The number of alkyl halides is 1. The van der Waals surface area contributed by atoms with Crippen molar-refractivity contribution in [2.75, 3.05) is 5.33 Å². The Kier molecular flexibility index (Phi) is 5.41. The summed E-state index contributed by atoms with van der Waals surface area (Å²) in [4.78, 5) is 10.7. The lowest BCUT2D eigenvalue weighted by atomic mass is 10.0. The Balaban J connectivity index is 2.91. The van der Waals surface area contributed by atoms with Crippen LogP contribution in [-0.4, -0.2) is 27.9 Å². The molecule has 0 saturated carbocycles. The number of rotatable bonds is 5. The van der Waals surface area contributed by atoms with Crippen LogP contribution < -0.4 is 0 Å². The van der Waals surface area contributed by atoms with E-state index in [2.05, 4.69) is 15.9 Å². The van der Waals surface area contributed by atoms with E-state index in [1.165, 1.54) is 12.1 Å². The first-order chi connectivity index (χ1) is 7.60. The molecular weight excluding hydrogens is 295 g/mol. The van der Waals surface area contributed by atoms with Gasteiger partial charge < -0.3 is 10.2 Å². The van der Waals surface area contributed by atoms with Gasteiger partial charge in [-0.3, -0.25) is 4.79 Å². The van der Waals surface area contributed by atoms with Crippen molar-refractivity contribution >= 4 is 33.8 Å². The molecule has 2 unspecified atom stereocenters. The third-order valence-corrected chi connectivity index (χ3v) is 3.06. The van der Waals surface area contributed by atoms with Crippen LogP contribution in [0.2, 0.25) is 5.02 Å². The van der Waals surface area contributed by atoms with Gasteiger partial charge in [0.25, 0.3) is 0 Å². The van der Waals surface area contributed by atoms with Crippen molar-refractivity contribution in [3.8, 4) is 0 Å². The summed E-state index contributed by atoms with van der Waals surface area (Å²) in [5, 5.41) is 20.3. The number of hydrogen-bond acceptors (Lipinski definition) is 3. The van der Waals surface area contributed by atoms with Crippen molar-refractivity contribution in [1.29, 1.82) is 0 Å². The van der Waals surface area contributed by atoms with Crippen LogP contribution in [-0.2, 0) is 0 Å². The molecule has 0 radical (unpaired) electrons. The van der Waals surface area contributed by atoms with Gasteiger partial charge in [0.2, 0.25) is 0 Å². The lowest BCUT2D eigenvalue weighted by molar-refractivity contribution is 0.0173. The molecule has 16 heavy (non-hydrogen) atoms. The molecule has 1 rings (SSSR count). The van der Waals surface area contributed by atoms with Crippen LogP contribution in [0.1, 0.15) is 28.4 Å². The average Bonchev–Trinajstić information content (AvgIpc) is 2.29. The summed E-state index contributed by atoms with van der Waals surface area (Å²) in [6.07, 6.45) is -0.816. The minimum Gasteiger partial charge on any atom is -0.390 e. The molecule has 2 atom stereocenters. The quantitative estimate of drug-likeness (QED) is 0.648. The maximum absolute atomic E-state index is 10.7. The molecule has 0 saturated heterocycles. The fourth-order valence-corrected chi connectivity index (χ4v) is 1.96. The monoisotopic (exact) mass is 306 g/mol. The van der Waals surface area contributed by atoms with E-state index in [9.17, 15) is 15.0 Å². The molecule has 0 heterocycles. The highest BCUT2D eigenvalue weighted by Gasteiger charge is 2.18. The number of carbonyl (C=O) groups is 1. The number of carbonyl (C=O) groups excluding carboxylic acids is 1. The molecular formula is C11H12BrClO3. The second kappa shape index (κ2) is 6.35. The van der Waals surface area contributed by atoms with Crippen molar-refractivity contribution in [2.24, 2.45) is 0 Å². The Hall–Kier alpha value is -0.420. The van der Waals surface area contributed by atoms with Gasteiger partial charge in [0.1, 0.15) is 6.10 Å². The molecule has 5 heteroatoms. The van der Waals surface area contributed by atoms with Gasteiger partial charge >= 0.3 is 0 Å². The van der Waals surface area contributed by atoms with E-state index in [-0.39, 0.29) is 0 Å². The van der Waals surface area contributed by atoms with Gasteiger partial charge in [0.15, 0.2) is 6.29 Å². The second-order valence-corrected chi connectivity index (χ2v) is 4.59. The maximum Gasteiger partial charge on any atom is 0.151 e. The van der Waals surface area contributed by atoms with Gasteiger partial charge in [-0.2, -0.15) is 0 Å². The van der Waals surface area contributed by atoms with E-state index in [0.29, 0.717) is 34.2 Å². The summed E-state index contributed by atoms with van der Waals surface area (Å²) in [5.74, 6) is 0. The number of hydrogen-bond donors (Lipinski definition) is 2. The highest BCUT2D eigenvalue weighted by atomic mass is 79.9. The van der Waals surface area contributed by atoms with E-state index < -0.39 is 12.2 Å². The lowest BCUT2D eigenvalue weighted by Crippen LogP contribution is -2.18. The predicted molar refractivity (Wildman–Crippen MR) is 66.2 cm³/mol. The predicted octanol–water partition coefficient (Wildman–Crippen LogP) is 2.33. The highest BCUT2D eigenvalue weighted by molar-refractivity contribution is 9.09. The minimum atomic E-state index is -1.01. The Morgan fingerprint density at radius 3 is 2.69 bits per heavy atom. The molecule has 0 amide bonds. The highest BCUT2D eigenvalue weighted by Crippen LogP contribution is 2.23. The number of aldehydes is 1. The lowest BCUT2D eigenvalue weighted by Gasteiger charge is -2.17. The molecule has 1 aromatic carbocycles. The normalized spacial score (nSPS) is 14.5. The van der Waals surface area contributed by atoms with Crippen LogP contribution in [0.25, 0.3) is 0 Å². The Morgan fingerprint density at radius 2 is 2.12 bits per heavy atom. The number of aliphatic hydroxyl groups is 2. The topological polar surface area (TPSA) is 57.5 Å². The van der Waals surface area contributed by atoms with Crippen molar-refractivity contribution in [3.63, 3.8) is 0 Å². The SMILES string of the molecule is O=Cc1cc(C(O)C(O)CCBr)ccc1Cl. The average molecular weight is 308 g/mol. The van der Waals surface area contributed by atoms with Crippen LogP contribution >= 0.6 is 27.5 Å². The van der Waals surface area contributed by atoms with E-state index in [4.69, 9.17) is 11.6 Å². The maximum atomic E-state index is 10.7. The Morgan fingerprint density at radius 1 is 1.44 bits per heavy atom. The summed E-state index contributed by atoms with van der Waals surface area (Å²) in [5.41, 5.74) is 0.796. The third-order valence-electron chi connectivity index (χ3n) is 2.26. The smallest absolute Gasteiger partial charge is 0.151 e. The molecule has 0 aromatic heterocycles. The molecule has 0 bridgehead atoms. The zero-order valence-corrected chi connectivity index (χ0v) is 10.8. The van der Waals surface area contributed by atoms with E-state index in [0.717, 1.165) is 0 Å². The molecule has 0 aliphatic heterocycles. The van der Waals surface area contributed by atoms with Crippen molar-refractivity contribution in [1.82, 2.24) is 0 Å². The first-order valence-electron chi connectivity index (χ1n) is 4.77. The molecule has 2 N–H and O–H groups in total. The van der Waals surface area contributed by atoms with Crippen molar-refractivity contribution in [3.05, 3.63) is 34.3 Å². The summed E-state index contributed by atoms with van der Waals surface area (Å²) >= 11 is 8.94. The van der Waals surface area contributed by atoms with Crippen LogP contribution in [0.3, 0.4) is 0 Å². The van der Waals surface area contributed by atoms with E-state index >= 15 is 0 Å². The fraction of sp³-hybridized carbons (Fsp3) is 0.364. The first-order valence-corrected chi connectivity index (χ1v) is 6.26. The van der Waals surface area contributed by atoms with Gasteiger partial charge in [-0.1, -0.05) is 33.6 Å². The van der Waals surface area contributed by atoms with E-state index in [1.807, 2.05) is 0 Å². The zero-order valence-electron chi connectivity index (χ0n) is 8.44. The van der Waals surface area contributed by atoms with Gasteiger partial charge in [-0.25, -0.2) is 0 Å². The summed E-state index contributed by atoms with van der Waals surface area (Å²) in [6.45, 7) is 0. The second-order valence-electron chi connectivity index (χ2n) is 3.39. The summed E-state index contributed by atoms with van der Waals surface area (Å²) in [7, 11) is 0. The summed E-state index contributed by atoms with van der Waals surface area (Å²) in [6, 6.07) is 4.61. The van der Waals surface area contributed by atoms with E-state index in [1.54, 1.807) is 6.07 Å². The Labute approximate surface area is 107 Å². The van der Waals surface area contributed by atoms with Crippen LogP contribution in [0.4, 0.5) is 0 Å². The number of benzene rings is 1. The largest absolute Gasteiger partial charge is 0.390 e. The molecule has 0 spiro atoms. The zero-order chi connectivity index (χ0) is 12.1. The molecule has 1 aromatic rings. The van der Waals surface area contributed by atoms with Crippen LogP contribution in [0, 0.1) is 0 Å². The Bertz CT molecular complexity index is 370. The number of aliphatic hydroxyl groups excluding tert-OH is 2. The van der Waals surface area contributed by atoms with Crippen LogP contribution in [0.15, 0.2) is 18.2 Å².